The monoisotopic (exact) mass is 299 g/mol. The minimum atomic E-state index is -0.868. The molecule has 20 heavy (non-hydrogen) atoms. The third-order valence-electron chi connectivity index (χ3n) is 3.10. The quantitative estimate of drug-likeness (QED) is 0.871. The van der Waals surface area contributed by atoms with E-state index in [1.807, 2.05) is 6.07 Å². The van der Waals surface area contributed by atoms with Crippen LogP contribution >= 0.6 is 11.6 Å². The molecule has 2 rings (SSSR count). The number of aliphatic carboxylic acids is 1. The molecule has 0 saturated carbocycles. The summed E-state index contributed by atoms with van der Waals surface area (Å²) >= 11 is 6.19. The van der Waals surface area contributed by atoms with Crippen molar-refractivity contribution in [1.29, 1.82) is 0 Å². The van der Waals surface area contributed by atoms with Crippen LogP contribution in [0.15, 0.2) is 18.2 Å². The molecule has 1 aliphatic heterocycles. The maximum Gasteiger partial charge on any atom is 0.306 e. The van der Waals surface area contributed by atoms with Gasteiger partial charge in [0.15, 0.2) is 0 Å². The highest BCUT2D eigenvalue weighted by atomic mass is 35.5. The summed E-state index contributed by atoms with van der Waals surface area (Å²) in [7, 11) is 0. The molecule has 110 valence electrons. The number of carbonyl (C=O) groups is 1. The number of hydrogen-bond donors (Lipinski definition) is 1. The maximum absolute atomic E-state index is 10.5. The Morgan fingerprint density at radius 1 is 1.40 bits per heavy atom. The lowest BCUT2D eigenvalue weighted by atomic mass is 10.2. The Hall–Kier alpha value is -1.30. The van der Waals surface area contributed by atoms with Crippen LogP contribution in [0.1, 0.15) is 12.0 Å². The summed E-state index contributed by atoms with van der Waals surface area (Å²) < 4.78 is 10.7. The van der Waals surface area contributed by atoms with E-state index in [9.17, 15) is 4.79 Å². The van der Waals surface area contributed by atoms with Gasteiger partial charge in [0.1, 0.15) is 5.75 Å². The Labute approximate surface area is 123 Å². The highest BCUT2D eigenvalue weighted by molar-refractivity contribution is 6.31. The molecule has 6 heteroatoms. The lowest BCUT2D eigenvalue weighted by molar-refractivity contribution is -0.137. The van der Waals surface area contributed by atoms with Gasteiger partial charge in [0, 0.05) is 24.7 Å². The molecule has 0 unspecified atom stereocenters. The van der Waals surface area contributed by atoms with Crippen molar-refractivity contribution in [2.45, 2.75) is 13.0 Å². The summed E-state index contributed by atoms with van der Waals surface area (Å²) in [5, 5.41) is 9.28. The topological polar surface area (TPSA) is 59.0 Å². The predicted molar refractivity (Wildman–Crippen MR) is 75.3 cm³/mol. The summed E-state index contributed by atoms with van der Waals surface area (Å²) in [5.74, 6) is -0.216. The molecule has 1 aromatic carbocycles. The molecule has 5 nitrogen and oxygen atoms in total. The standard InChI is InChI=1S/C14H18ClNO4/c15-13-2-1-12(20-6-3-14(17)18)9-11(13)10-16-4-7-19-8-5-16/h1-2,9H,3-8,10H2,(H,17,18). The van der Waals surface area contributed by atoms with Gasteiger partial charge >= 0.3 is 5.97 Å². The number of morpholine rings is 1. The van der Waals surface area contributed by atoms with Gasteiger partial charge in [-0.05, 0) is 23.8 Å². The molecule has 0 aliphatic carbocycles. The van der Waals surface area contributed by atoms with Crippen LogP contribution in [0, 0.1) is 0 Å². The van der Waals surface area contributed by atoms with Crippen LogP contribution in [0.25, 0.3) is 0 Å². The molecule has 1 heterocycles. The zero-order valence-electron chi connectivity index (χ0n) is 11.2. The first-order valence-corrected chi connectivity index (χ1v) is 6.96. The Morgan fingerprint density at radius 2 is 2.15 bits per heavy atom. The maximum atomic E-state index is 10.5. The molecular formula is C14H18ClNO4. The number of ether oxygens (including phenoxy) is 2. The van der Waals surface area contributed by atoms with E-state index >= 15 is 0 Å². The van der Waals surface area contributed by atoms with Crippen molar-refractivity contribution in [2.75, 3.05) is 32.9 Å². The van der Waals surface area contributed by atoms with Gasteiger partial charge in [-0.15, -0.1) is 0 Å². The average molecular weight is 300 g/mol. The molecule has 0 bridgehead atoms. The molecule has 1 N–H and O–H groups in total. The molecule has 1 aliphatic rings. The van der Waals surface area contributed by atoms with Crippen LogP contribution in [-0.4, -0.2) is 48.9 Å². The van der Waals surface area contributed by atoms with E-state index < -0.39 is 5.97 Å². The third-order valence-corrected chi connectivity index (χ3v) is 3.47. The normalized spacial score (nSPS) is 16.1. The average Bonchev–Trinajstić information content (AvgIpc) is 2.43. The lowest BCUT2D eigenvalue weighted by Gasteiger charge is -2.27. The predicted octanol–water partition coefficient (Wildman–Crippen LogP) is 2.03. The van der Waals surface area contributed by atoms with E-state index in [-0.39, 0.29) is 13.0 Å². The van der Waals surface area contributed by atoms with Crippen molar-refractivity contribution < 1.29 is 19.4 Å². The minimum absolute atomic E-state index is 0.0125. The van der Waals surface area contributed by atoms with Gasteiger partial charge in [-0.1, -0.05) is 11.6 Å². The van der Waals surface area contributed by atoms with Gasteiger partial charge < -0.3 is 14.6 Å². The molecule has 1 aromatic rings. The summed E-state index contributed by atoms with van der Waals surface area (Å²) in [5.41, 5.74) is 0.987. The van der Waals surface area contributed by atoms with Crippen molar-refractivity contribution in [2.24, 2.45) is 0 Å². The van der Waals surface area contributed by atoms with Crippen LogP contribution in [0.4, 0.5) is 0 Å². The molecule has 0 spiro atoms. The molecule has 1 fully saturated rings. The van der Waals surface area contributed by atoms with E-state index in [2.05, 4.69) is 4.90 Å². The van der Waals surface area contributed by atoms with E-state index in [0.29, 0.717) is 10.8 Å². The van der Waals surface area contributed by atoms with Crippen LogP contribution in [0.2, 0.25) is 5.02 Å². The summed E-state index contributed by atoms with van der Waals surface area (Å²) in [6, 6.07) is 5.42. The summed E-state index contributed by atoms with van der Waals surface area (Å²) in [4.78, 5) is 12.7. The molecule has 0 radical (unpaired) electrons. The van der Waals surface area contributed by atoms with Gasteiger partial charge in [0.25, 0.3) is 0 Å². The van der Waals surface area contributed by atoms with Gasteiger partial charge in [-0.25, -0.2) is 0 Å². The molecule has 1 saturated heterocycles. The van der Waals surface area contributed by atoms with Crippen molar-refractivity contribution >= 4 is 17.6 Å². The van der Waals surface area contributed by atoms with Gasteiger partial charge in [0.05, 0.1) is 26.2 Å². The van der Waals surface area contributed by atoms with Crippen LogP contribution < -0.4 is 4.74 Å². The molecule has 0 atom stereocenters. The number of rotatable bonds is 6. The van der Waals surface area contributed by atoms with Gasteiger partial charge in [-0.2, -0.15) is 0 Å². The zero-order valence-corrected chi connectivity index (χ0v) is 11.9. The first-order valence-electron chi connectivity index (χ1n) is 6.58. The van der Waals surface area contributed by atoms with Gasteiger partial charge in [0.2, 0.25) is 0 Å². The van der Waals surface area contributed by atoms with E-state index in [4.69, 9.17) is 26.2 Å². The van der Waals surface area contributed by atoms with Crippen molar-refractivity contribution in [3.8, 4) is 5.75 Å². The Morgan fingerprint density at radius 3 is 2.85 bits per heavy atom. The number of benzene rings is 1. The highest BCUT2D eigenvalue weighted by Crippen LogP contribution is 2.24. The second-order valence-electron chi connectivity index (χ2n) is 4.63. The fraction of sp³-hybridized carbons (Fsp3) is 0.500. The third kappa shape index (κ3) is 4.67. The van der Waals surface area contributed by atoms with Crippen molar-refractivity contribution in [3.63, 3.8) is 0 Å². The first kappa shape index (κ1) is 15.1. The van der Waals surface area contributed by atoms with Crippen molar-refractivity contribution in [1.82, 2.24) is 4.90 Å². The number of hydrogen-bond acceptors (Lipinski definition) is 4. The highest BCUT2D eigenvalue weighted by Gasteiger charge is 2.13. The van der Waals surface area contributed by atoms with Crippen LogP contribution in [-0.2, 0) is 16.1 Å². The minimum Gasteiger partial charge on any atom is -0.493 e. The fourth-order valence-electron chi connectivity index (χ4n) is 2.02. The summed E-state index contributed by atoms with van der Waals surface area (Å²) in [6.07, 6.45) is -0.0125. The van der Waals surface area contributed by atoms with Crippen LogP contribution in [0.3, 0.4) is 0 Å². The number of nitrogens with zero attached hydrogens (tertiary/aromatic N) is 1. The largest absolute Gasteiger partial charge is 0.493 e. The Bertz CT molecular complexity index is 460. The lowest BCUT2D eigenvalue weighted by Crippen LogP contribution is -2.35. The van der Waals surface area contributed by atoms with Crippen LogP contribution in [0.5, 0.6) is 5.75 Å². The number of carboxylic acid groups (broad SMARTS) is 1. The Balaban J connectivity index is 1.94. The Kier molecular flexibility index (Phi) is 5.64. The number of halogens is 1. The first-order chi connectivity index (χ1) is 9.65. The fourth-order valence-corrected chi connectivity index (χ4v) is 2.20. The second kappa shape index (κ2) is 7.47. The molecular weight excluding hydrogens is 282 g/mol. The number of carboxylic acids is 1. The van der Waals surface area contributed by atoms with E-state index in [1.165, 1.54) is 0 Å². The SMILES string of the molecule is O=C(O)CCOc1ccc(Cl)c(CN2CCOCC2)c1. The van der Waals surface area contributed by atoms with E-state index in [1.54, 1.807) is 12.1 Å². The smallest absolute Gasteiger partial charge is 0.306 e. The molecule has 0 amide bonds. The van der Waals surface area contributed by atoms with Crippen molar-refractivity contribution in [3.05, 3.63) is 28.8 Å². The second-order valence-corrected chi connectivity index (χ2v) is 5.04. The van der Waals surface area contributed by atoms with E-state index in [0.717, 1.165) is 38.4 Å². The zero-order chi connectivity index (χ0) is 14.4. The summed E-state index contributed by atoms with van der Waals surface area (Å²) in [6.45, 7) is 4.17. The molecule has 0 aromatic heterocycles. The van der Waals surface area contributed by atoms with Gasteiger partial charge in [-0.3, -0.25) is 9.69 Å².